The van der Waals surface area contributed by atoms with Crippen molar-refractivity contribution >= 4 is 16.7 Å². The predicted molar refractivity (Wildman–Crippen MR) is 97.2 cm³/mol. The van der Waals surface area contributed by atoms with Gasteiger partial charge < -0.3 is 10.1 Å². The molecule has 0 saturated heterocycles. The van der Waals surface area contributed by atoms with Gasteiger partial charge in [0, 0.05) is 0 Å². The normalized spacial score (nSPS) is 12.0. The van der Waals surface area contributed by atoms with Crippen molar-refractivity contribution in [1.82, 2.24) is 5.32 Å². The fourth-order valence-electron chi connectivity index (χ4n) is 2.86. The van der Waals surface area contributed by atoms with E-state index >= 15 is 0 Å². The fraction of sp³-hybridized carbons (Fsp3) is 0.190. The van der Waals surface area contributed by atoms with Crippen LogP contribution in [-0.2, 0) is 11.2 Å². The summed E-state index contributed by atoms with van der Waals surface area (Å²) in [4.78, 5) is 12.3. The Morgan fingerprint density at radius 3 is 2.56 bits per heavy atom. The largest absolute Gasteiger partial charge is 0.494 e. The number of nitrogens with one attached hydrogen (secondary N) is 1. The maximum atomic E-state index is 13.8. The summed E-state index contributed by atoms with van der Waals surface area (Å²) in [5.74, 6) is -0.340. The van der Waals surface area contributed by atoms with Crippen LogP contribution in [-0.4, -0.2) is 13.0 Å². The summed E-state index contributed by atoms with van der Waals surface area (Å²) in [6.07, 6.45) is 0.286. The van der Waals surface area contributed by atoms with Gasteiger partial charge in [-0.1, -0.05) is 48.5 Å². The number of amides is 1. The quantitative estimate of drug-likeness (QED) is 0.749. The van der Waals surface area contributed by atoms with E-state index in [9.17, 15) is 9.18 Å². The van der Waals surface area contributed by atoms with Gasteiger partial charge in [-0.05, 0) is 41.0 Å². The van der Waals surface area contributed by atoms with E-state index in [1.807, 2.05) is 49.4 Å². The first kappa shape index (κ1) is 17.0. The average Bonchev–Trinajstić information content (AvgIpc) is 2.61. The van der Waals surface area contributed by atoms with Crippen LogP contribution in [0.5, 0.6) is 5.75 Å². The molecular weight excluding hydrogens is 317 g/mol. The second-order valence-electron chi connectivity index (χ2n) is 6.04. The van der Waals surface area contributed by atoms with E-state index in [0.29, 0.717) is 5.56 Å². The highest BCUT2D eigenvalue weighted by Gasteiger charge is 2.13. The number of rotatable bonds is 5. The molecule has 0 spiro atoms. The SMILES string of the molecule is COc1ccc(C(C)NC(=O)Cc2ccc3ccccc3c2)cc1F. The Morgan fingerprint density at radius 2 is 1.84 bits per heavy atom. The Kier molecular flexibility index (Phi) is 4.98. The first-order valence-corrected chi connectivity index (χ1v) is 8.17. The lowest BCUT2D eigenvalue weighted by Crippen LogP contribution is -2.28. The van der Waals surface area contributed by atoms with E-state index in [1.165, 1.54) is 13.2 Å². The van der Waals surface area contributed by atoms with Crippen molar-refractivity contribution in [2.24, 2.45) is 0 Å². The molecule has 0 radical (unpaired) electrons. The van der Waals surface area contributed by atoms with Crippen molar-refractivity contribution in [1.29, 1.82) is 0 Å². The van der Waals surface area contributed by atoms with E-state index in [4.69, 9.17) is 4.74 Å². The molecule has 0 aliphatic rings. The maximum Gasteiger partial charge on any atom is 0.224 e. The summed E-state index contributed by atoms with van der Waals surface area (Å²) in [5.41, 5.74) is 1.65. The maximum absolute atomic E-state index is 13.8. The Balaban J connectivity index is 1.67. The fourth-order valence-corrected chi connectivity index (χ4v) is 2.86. The first-order valence-electron chi connectivity index (χ1n) is 8.17. The molecule has 1 N–H and O–H groups in total. The standard InChI is InChI=1S/C21H20FNO2/c1-14(17-9-10-20(25-2)19(22)13-17)23-21(24)12-15-7-8-16-5-3-4-6-18(16)11-15/h3-11,13-14H,12H2,1-2H3,(H,23,24). The van der Waals surface area contributed by atoms with E-state index in [-0.39, 0.29) is 24.1 Å². The van der Waals surface area contributed by atoms with Gasteiger partial charge in [0.1, 0.15) is 0 Å². The number of hydrogen-bond donors (Lipinski definition) is 1. The third-order valence-electron chi connectivity index (χ3n) is 4.23. The zero-order valence-corrected chi connectivity index (χ0v) is 14.3. The number of carbonyl (C=O) groups excluding carboxylic acids is 1. The van der Waals surface area contributed by atoms with Gasteiger partial charge in [-0.25, -0.2) is 4.39 Å². The number of hydrogen-bond acceptors (Lipinski definition) is 2. The molecule has 1 atom stereocenters. The Hall–Kier alpha value is -2.88. The molecule has 0 saturated carbocycles. The second-order valence-corrected chi connectivity index (χ2v) is 6.04. The monoisotopic (exact) mass is 337 g/mol. The van der Waals surface area contributed by atoms with Crippen LogP contribution in [0.3, 0.4) is 0 Å². The third kappa shape index (κ3) is 3.97. The topological polar surface area (TPSA) is 38.3 Å². The highest BCUT2D eigenvalue weighted by Crippen LogP contribution is 2.22. The number of carbonyl (C=O) groups is 1. The van der Waals surface area contributed by atoms with Crippen LogP contribution >= 0.6 is 0 Å². The van der Waals surface area contributed by atoms with Gasteiger partial charge in [0.05, 0.1) is 19.6 Å². The minimum absolute atomic E-state index is 0.0981. The van der Waals surface area contributed by atoms with Gasteiger partial charge in [0.25, 0.3) is 0 Å². The predicted octanol–water partition coefficient (Wildman–Crippen LogP) is 4.41. The number of benzene rings is 3. The van der Waals surface area contributed by atoms with Crippen LogP contribution in [0.25, 0.3) is 10.8 Å². The smallest absolute Gasteiger partial charge is 0.224 e. The van der Waals surface area contributed by atoms with Crippen molar-refractivity contribution in [2.75, 3.05) is 7.11 Å². The van der Waals surface area contributed by atoms with Gasteiger partial charge >= 0.3 is 0 Å². The van der Waals surface area contributed by atoms with Crippen molar-refractivity contribution in [2.45, 2.75) is 19.4 Å². The zero-order chi connectivity index (χ0) is 17.8. The highest BCUT2D eigenvalue weighted by molar-refractivity contribution is 5.85. The first-order chi connectivity index (χ1) is 12.1. The van der Waals surface area contributed by atoms with E-state index < -0.39 is 5.82 Å². The lowest BCUT2D eigenvalue weighted by molar-refractivity contribution is -0.121. The molecule has 1 amide bonds. The van der Waals surface area contributed by atoms with E-state index in [2.05, 4.69) is 5.32 Å². The summed E-state index contributed by atoms with van der Waals surface area (Å²) < 4.78 is 18.7. The molecule has 25 heavy (non-hydrogen) atoms. The second kappa shape index (κ2) is 7.34. The molecule has 3 aromatic carbocycles. The molecule has 128 valence electrons. The molecule has 0 aliphatic heterocycles. The Morgan fingerprint density at radius 1 is 1.08 bits per heavy atom. The molecule has 0 aliphatic carbocycles. The van der Waals surface area contributed by atoms with Crippen LogP contribution in [0.1, 0.15) is 24.1 Å². The van der Waals surface area contributed by atoms with E-state index in [0.717, 1.165) is 16.3 Å². The van der Waals surface area contributed by atoms with Crippen LogP contribution in [0.15, 0.2) is 60.7 Å². The van der Waals surface area contributed by atoms with Gasteiger partial charge in [0.15, 0.2) is 11.6 Å². The number of methoxy groups -OCH3 is 1. The summed E-state index contributed by atoms with van der Waals surface area (Å²) in [6.45, 7) is 1.83. The van der Waals surface area contributed by atoms with Crippen molar-refractivity contribution in [3.63, 3.8) is 0 Å². The molecule has 0 bridgehead atoms. The molecule has 4 heteroatoms. The lowest BCUT2D eigenvalue weighted by atomic mass is 10.0. The molecule has 3 nitrogen and oxygen atoms in total. The van der Waals surface area contributed by atoms with Gasteiger partial charge in [-0.3, -0.25) is 4.79 Å². The average molecular weight is 337 g/mol. The number of fused-ring (bicyclic) bond motifs is 1. The Labute approximate surface area is 146 Å². The molecule has 1 unspecified atom stereocenters. The summed E-state index contributed by atoms with van der Waals surface area (Å²) in [6, 6.07) is 18.5. The molecule has 3 rings (SSSR count). The van der Waals surface area contributed by atoms with Crippen LogP contribution < -0.4 is 10.1 Å². The molecule has 0 fully saturated rings. The van der Waals surface area contributed by atoms with Crippen LogP contribution in [0, 0.1) is 5.82 Å². The van der Waals surface area contributed by atoms with Gasteiger partial charge in [-0.15, -0.1) is 0 Å². The summed E-state index contributed by atoms with van der Waals surface area (Å²) >= 11 is 0. The summed E-state index contributed by atoms with van der Waals surface area (Å²) in [7, 11) is 1.42. The molecular formula is C21H20FNO2. The Bertz CT molecular complexity index is 907. The van der Waals surface area contributed by atoms with Gasteiger partial charge in [0.2, 0.25) is 5.91 Å². The van der Waals surface area contributed by atoms with Crippen molar-refractivity contribution in [3.05, 3.63) is 77.6 Å². The van der Waals surface area contributed by atoms with Crippen molar-refractivity contribution in [3.8, 4) is 5.75 Å². The molecule has 3 aromatic rings. The number of halogens is 1. The third-order valence-corrected chi connectivity index (χ3v) is 4.23. The molecule has 0 heterocycles. The van der Waals surface area contributed by atoms with Crippen LogP contribution in [0.2, 0.25) is 0 Å². The minimum Gasteiger partial charge on any atom is -0.494 e. The number of ether oxygens (including phenoxy) is 1. The highest BCUT2D eigenvalue weighted by atomic mass is 19.1. The zero-order valence-electron chi connectivity index (χ0n) is 14.3. The van der Waals surface area contributed by atoms with Crippen LogP contribution in [0.4, 0.5) is 4.39 Å². The van der Waals surface area contributed by atoms with E-state index in [1.54, 1.807) is 12.1 Å². The molecule has 0 aromatic heterocycles. The minimum atomic E-state index is -0.435. The summed E-state index contributed by atoms with van der Waals surface area (Å²) in [5, 5.41) is 5.17. The van der Waals surface area contributed by atoms with Gasteiger partial charge in [-0.2, -0.15) is 0 Å². The van der Waals surface area contributed by atoms with Crippen molar-refractivity contribution < 1.29 is 13.9 Å². The lowest BCUT2D eigenvalue weighted by Gasteiger charge is -2.15.